The van der Waals surface area contributed by atoms with E-state index in [2.05, 4.69) is 10.0 Å². The van der Waals surface area contributed by atoms with Crippen LogP contribution in [0.4, 0.5) is 0 Å². The van der Waals surface area contributed by atoms with Crippen molar-refractivity contribution >= 4 is 38.9 Å². The van der Waals surface area contributed by atoms with E-state index >= 15 is 0 Å². The SMILES string of the molecule is NCC1CCCC1NC(=O)CNS(=O)(=O)c1ccc(Cl)s1. The molecule has 1 aromatic rings. The van der Waals surface area contributed by atoms with E-state index in [4.69, 9.17) is 17.3 Å². The van der Waals surface area contributed by atoms with Gasteiger partial charge >= 0.3 is 0 Å². The molecule has 0 aromatic carbocycles. The Balaban J connectivity index is 1.86. The Morgan fingerprint density at radius 3 is 2.81 bits per heavy atom. The Hall–Kier alpha value is -0.670. The van der Waals surface area contributed by atoms with E-state index in [9.17, 15) is 13.2 Å². The van der Waals surface area contributed by atoms with Gasteiger partial charge in [-0.2, -0.15) is 0 Å². The van der Waals surface area contributed by atoms with Gasteiger partial charge in [0.25, 0.3) is 10.0 Å². The van der Waals surface area contributed by atoms with Gasteiger partial charge in [-0.25, -0.2) is 13.1 Å². The van der Waals surface area contributed by atoms with E-state index < -0.39 is 10.0 Å². The molecule has 0 bridgehead atoms. The highest BCUT2D eigenvalue weighted by atomic mass is 35.5. The first-order valence-corrected chi connectivity index (χ1v) is 9.34. The number of carbonyl (C=O) groups excluding carboxylic acids is 1. The molecular weight excluding hydrogens is 334 g/mol. The number of hydrogen-bond donors (Lipinski definition) is 3. The van der Waals surface area contributed by atoms with Gasteiger partial charge in [-0.05, 0) is 37.4 Å². The number of sulfonamides is 1. The van der Waals surface area contributed by atoms with Crippen molar-refractivity contribution in [2.75, 3.05) is 13.1 Å². The number of thiophene rings is 1. The zero-order valence-corrected chi connectivity index (χ0v) is 13.7. The fourth-order valence-electron chi connectivity index (χ4n) is 2.44. The average Bonchev–Trinajstić information content (AvgIpc) is 3.05. The first kappa shape index (κ1) is 16.7. The zero-order valence-electron chi connectivity index (χ0n) is 11.3. The molecule has 9 heteroatoms. The highest BCUT2D eigenvalue weighted by molar-refractivity contribution is 7.91. The van der Waals surface area contributed by atoms with Crippen molar-refractivity contribution in [3.8, 4) is 0 Å². The number of nitrogens with two attached hydrogens (primary N) is 1. The third-order valence-electron chi connectivity index (χ3n) is 3.54. The van der Waals surface area contributed by atoms with Gasteiger partial charge in [0.05, 0.1) is 10.9 Å². The minimum atomic E-state index is -3.69. The Morgan fingerprint density at radius 1 is 1.43 bits per heavy atom. The summed E-state index contributed by atoms with van der Waals surface area (Å²) in [6, 6.07) is 2.96. The van der Waals surface area contributed by atoms with Gasteiger partial charge in [-0.15, -0.1) is 11.3 Å². The second kappa shape index (κ2) is 7.06. The summed E-state index contributed by atoms with van der Waals surface area (Å²) in [4.78, 5) is 11.8. The van der Waals surface area contributed by atoms with Crippen LogP contribution in [0.5, 0.6) is 0 Å². The maximum absolute atomic E-state index is 11.9. The van der Waals surface area contributed by atoms with Crippen molar-refractivity contribution in [1.29, 1.82) is 0 Å². The lowest BCUT2D eigenvalue weighted by Gasteiger charge is -2.19. The van der Waals surface area contributed by atoms with Crippen LogP contribution >= 0.6 is 22.9 Å². The molecule has 1 aliphatic rings. The molecule has 6 nitrogen and oxygen atoms in total. The summed E-state index contributed by atoms with van der Waals surface area (Å²) in [5, 5.41) is 2.84. The predicted octanol–water partition coefficient (Wildman–Crippen LogP) is 0.923. The molecule has 1 saturated carbocycles. The monoisotopic (exact) mass is 351 g/mol. The van der Waals surface area contributed by atoms with Gasteiger partial charge in [-0.1, -0.05) is 18.0 Å². The fourth-order valence-corrected chi connectivity index (χ4v) is 4.95. The predicted molar refractivity (Wildman–Crippen MR) is 82.8 cm³/mol. The first-order valence-electron chi connectivity index (χ1n) is 6.67. The van der Waals surface area contributed by atoms with Crippen molar-refractivity contribution < 1.29 is 13.2 Å². The van der Waals surface area contributed by atoms with Crippen molar-refractivity contribution in [2.24, 2.45) is 11.7 Å². The number of nitrogens with one attached hydrogen (secondary N) is 2. The van der Waals surface area contributed by atoms with Crippen LogP contribution in [0.25, 0.3) is 0 Å². The molecule has 118 valence electrons. The quantitative estimate of drug-likeness (QED) is 0.709. The van der Waals surface area contributed by atoms with E-state index in [0.29, 0.717) is 10.9 Å². The lowest BCUT2D eigenvalue weighted by molar-refractivity contribution is -0.120. The minimum Gasteiger partial charge on any atom is -0.352 e. The number of rotatable bonds is 6. The van der Waals surface area contributed by atoms with E-state index in [1.807, 2.05) is 0 Å². The average molecular weight is 352 g/mol. The Kier molecular flexibility index (Phi) is 5.61. The normalized spacial score (nSPS) is 22.4. The molecule has 2 unspecified atom stereocenters. The van der Waals surface area contributed by atoms with Crippen LogP contribution in [-0.2, 0) is 14.8 Å². The maximum atomic E-state index is 11.9. The molecule has 1 fully saturated rings. The van der Waals surface area contributed by atoms with Crippen LogP contribution in [0, 0.1) is 5.92 Å². The molecular formula is C12H18ClN3O3S2. The molecule has 2 atom stereocenters. The van der Waals surface area contributed by atoms with Gasteiger partial charge in [0, 0.05) is 6.04 Å². The van der Waals surface area contributed by atoms with E-state index in [1.54, 1.807) is 0 Å². The molecule has 0 spiro atoms. The van der Waals surface area contributed by atoms with Gasteiger partial charge in [-0.3, -0.25) is 4.79 Å². The molecule has 1 heterocycles. The fraction of sp³-hybridized carbons (Fsp3) is 0.583. The van der Waals surface area contributed by atoms with E-state index in [0.717, 1.165) is 30.6 Å². The highest BCUT2D eigenvalue weighted by Gasteiger charge is 2.27. The van der Waals surface area contributed by atoms with Crippen LogP contribution in [0.1, 0.15) is 19.3 Å². The lowest BCUT2D eigenvalue weighted by Crippen LogP contribution is -2.44. The van der Waals surface area contributed by atoms with Gasteiger partial charge in [0.15, 0.2) is 0 Å². The van der Waals surface area contributed by atoms with Crippen LogP contribution in [0.2, 0.25) is 4.34 Å². The zero-order chi connectivity index (χ0) is 15.5. The van der Waals surface area contributed by atoms with Crippen LogP contribution in [0.15, 0.2) is 16.3 Å². The van der Waals surface area contributed by atoms with Gasteiger partial charge in [0.1, 0.15) is 4.21 Å². The molecule has 4 N–H and O–H groups in total. The Morgan fingerprint density at radius 2 is 2.19 bits per heavy atom. The molecule has 21 heavy (non-hydrogen) atoms. The largest absolute Gasteiger partial charge is 0.352 e. The summed E-state index contributed by atoms with van der Waals surface area (Å²) in [6.45, 7) is 0.246. The summed E-state index contributed by atoms with van der Waals surface area (Å²) in [7, 11) is -3.69. The summed E-state index contributed by atoms with van der Waals surface area (Å²) < 4.78 is 26.7. The van der Waals surface area contributed by atoms with E-state index in [1.165, 1.54) is 12.1 Å². The van der Waals surface area contributed by atoms with Gasteiger partial charge in [0.2, 0.25) is 5.91 Å². The van der Waals surface area contributed by atoms with Crippen LogP contribution in [0.3, 0.4) is 0 Å². The third-order valence-corrected chi connectivity index (χ3v) is 6.67. The number of carbonyl (C=O) groups is 1. The standard InChI is InChI=1S/C12H18ClN3O3S2/c13-10-4-5-12(20-10)21(18,19)15-7-11(17)16-9-3-1-2-8(9)6-14/h4-5,8-9,15H,1-3,6-7,14H2,(H,16,17). The highest BCUT2D eigenvalue weighted by Crippen LogP contribution is 2.25. The summed E-state index contributed by atoms with van der Waals surface area (Å²) in [6.07, 6.45) is 2.92. The molecule has 0 saturated heterocycles. The second-order valence-electron chi connectivity index (χ2n) is 4.98. The molecule has 0 radical (unpaired) electrons. The number of halogens is 1. The smallest absolute Gasteiger partial charge is 0.250 e. The molecule has 0 aliphatic heterocycles. The van der Waals surface area contributed by atoms with Gasteiger partial charge < -0.3 is 11.1 Å². The third kappa shape index (κ3) is 4.40. The van der Waals surface area contributed by atoms with Crippen LogP contribution in [-0.4, -0.2) is 33.5 Å². The second-order valence-corrected chi connectivity index (χ2v) is 8.69. The summed E-state index contributed by atoms with van der Waals surface area (Å²) in [5.74, 6) is -0.0618. The number of amides is 1. The number of hydrogen-bond acceptors (Lipinski definition) is 5. The van der Waals surface area contributed by atoms with Crippen molar-refractivity contribution in [3.63, 3.8) is 0 Å². The lowest BCUT2D eigenvalue weighted by atomic mass is 10.0. The Labute approximate surface area is 133 Å². The topological polar surface area (TPSA) is 101 Å². The molecule has 1 amide bonds. The molecule has 1 aliphatic carbocycles. The molecule has 1 aromatic heterocycles. The summed E-state index contributed by atoms with van der Waals surface area (Å²) in [5.41, 5.74) is 5.65. The molecule has 2 rings (SSSR count). The van der Waals surface area contributed by atoms with Crippen molar-refractivity contribution in [3.05, 3.63) is 16.5 Å². The Bertz CT molecular complexity index is 603. The van der Waals surface area contributed by atoms with Crippen molar-refractivity contribution in [2.45, 2.75) is 29.5 Å². The van der Waals surface area contributed by atoms with Crippen LogP contribution < -0.4 is 15.8 Å². The summed E-state index contributed by atoms with van der Waals surface area (Å²) >= 11 is 6.66. The maximum Gasteiger partial charge on any atom is 0.250 e. The first-order chi connectivity index (χ1) is 9.92. The van der Waals surface area contributed by atoms with E-state index in [-0.39, 0.29) is 28.6 Å². The minimum absolute atomic E-state index is 0.0446. The van der Waals surface area contributed by atoms with Crippen molar-refractivity contribution in [1.82, 2.24) is 10.0 Å².